The van der Waals surface area contributed by atoms with Crippen molar-refractivity contribution in [3.05, 3.63) is 130 Å². The van der Waals surface area contributed by atoms with E-state index in [9.17, 15) is 4.79 Å². The molecule has 3 nitrogen and oxygen atoms in total. The highest BCUT2D eigenvalue weighted by Crippen LogP contribution is 2.23. The largest absolute Gasteiger partial charge is 0.326 e. The Morgan fingerprint density at radius 3 is 1.91 bits per heavy atom. The van der Waals surface area contributed by atoms with E-state index >= 15 is 0 Å². The van der Waals surface area contributed by atoms with Gasteiger partial charge in [-0.3, -0.25) is 4.90 Å². The van der Waals surface area contributed by atoms with Crippen LogP contribution < -0.4 is 10.2 Å². The Labute approximate surface area is 208 Å². The molecule has 4 aromatic rings. The average Bonchev–Trinajstić information content (AvgIpc) is 2.88. The fourth-order valence-electron chi connectivity index (χ4n) is 3.23. The number of rotatable bonds is 2. The van der Waals surface area contributed by atoms with E-state index in [1.165, 1.54) is 0 Å². The zero-order valence-electron chi connectivity index (χ0n) is 18.5. The lowest BCUT2D eigenvalue weighted by Gasteiger charge is -2.20. The summed E-state index contributed by atoms with van der Waals surface area (Å²) in [5.41, 5.74) is 4.67. The molecule has 0 saturated carbocycles. The number of anilines is 2. The maximum absolute atomic E-state index is 13.2. The number of urea groups is 1. The summed E-state index contributed by atoms with van der Waals surface area (Å²) in [6.45, 7) is 0. The number of halogens is 1. The highest BCUT2D eigenvalue weighted by molar-refractivity contribution is 9.10. The van der Waals surface area contributed by atoms with Gasteiger partial charge in [0, 0.05) is 33.8 Å². The van der Waals surface area contributed by atoms with Crippen LogP contribution in [0.25, 0.3) is 0 Å². The zero-order chi connectivity index (χ0) is 23.8. The van der Waals surface area contributed by atoms with Crippen LogP contribution in [0.15, 0.2) is 108 Å². The number of hydrogen-bond acceptors (Lipinski definition) is 1. The van der Waals surface area contributed by atoms with E-state index in [1.54, 1.807) is 11.9 Å². The van der Waals surface area contributed by atoms with Gasteiger partial charge in [-0.2, -0.15) is 0 Å². The quantitative estimate of drug-likeness (QED) is 0.295. The Morgan fingerprint density at radius 1 is 0.706 bits per heavy atom. The number of hydrogen-bond donors (Lipinski definition) is 1. The van der Waals surface area contributed by atoms with Crippen LogP contribution in [0.1, 0.15) is 22.3 Å². The predicted molar refractivity (Wildman–Crippen MR) is 143 cm³/mol. The molecule has 0 bridgehead atoms. The second-order valence-corrected chi connectivity index (χ2v) is 8.34. The van der Waals surface area contributed by atoms with E-state index in [4.69, 9.17) is 0 Å². The molecule has 0 aliphatic heterocycles. The Kier molecular flexibility index (Phi) is 7.45. The molecule has 2 amide bonds. The summed E-state index contributed by atoms with van der Waals surface area (Å²) in [6.07, 6.45) is 0. The summed E-state index contributed by atoms with van der Waals surface area (Å²) in [5.74, 6) is 12.7. The molecule has 4 heteroatoms. The lowest BCUT2D eigenvalue weighted by molar-refractivity contribution is 0.258. The fourth-order valence-corrected chi connectivity index (χ4v) is 3.59. The van der Waals surface area contributed by atoms with Crippen LogP contribution in [0.5, 0.6) is 0 Å². The molecule has 34 heavy (non-hydrogen) atoms. The van der Waals surface area contributed by atoms with E-state index in [2.05, 4.69) is 44.9 Å². The number of para-hydroxylation sites is 1. The molecule has 1 N–H and O–H groups in total. The van der Waals surface area contributed by atoms with Crippen molar-refractivity contribution >= 4 is 33.3 Å². The van der Waals surface area contributed by atoms with Crippen LogP contribution in [0.3, 0.4) is 0 Å². The van der Waals surface area contributed by atoms with Gasteiger partial charge < -0.3 is 5.32 Å². The van der Waals surface area contributed by atoms with Crippen molar-refractivity contribution in [3.63, 3.8) is 0 Å². The highest BCUT2D eigenvalue weighted by Gasteiger charge is 2.15. The normalized spacial score (nSPS) is 9.71. The molecule has 0 aromatic heterocycles. The summed E-state index contributed by atoms with van der Waals surface area (Å²) in [5, 5.41) is 2.99. The highest BCUT2D eigenvalue weighted by atomic mass is 79.9. The zero-order valence-corrected chi connectivity index (χ0v) is 20.1. The monoisotopic (exact) mass is 504 g/mol. The Balaban J connectivity index is 1.58. The van der Waals surface area contributed by atoms with Crippen LogP contribution in [0, 0.1) is 23.7 Å². The molecule has 0 aliphatic carbocycles. The standard InChI is InChI=1S/C30H21BrN2O/c1-33(29-15-9-8-14-25(29)18-16-23-10-4-2-5-11-23)30(34)32-28-21-20-27(31)22-26(28)19-17-24-12-6-3-7-13-24/h2-15,20-22H,1H3,(H,32,34). The molecule has 0 unspecified atom stereocenters. The van der Waals surface area contributed by atoms with Crippen molar-refractivity contribution in [2.45, 2.75) is 0 Å². The van der Waals surface area contributed by atoms with Crippen LogP contribution in [-0.4, -0.2) is 13.1 Å². The predicted octanol–water partition coefficient (Wildman–Crippen LogP) is 6.92. The molecule has 0 radical (unpaired) electrons. The molecular formula is C30H21BrN2O. The van der Waals surface area contributed by atoms with E-state index in [1.807, 2.05) is 103 Å². The molecule has 0 fully saturated rings. The van der Waals surface area contributed by atoms with Gasteiger partial charge >= 0.3 is 6.03 Å². The van der Waals surface area contributed by atoms with Gasteiger partial charge in [0.1, 0.15) is 0 Å². The van der Waals surface area contributed by atoms with E-state index < -0.39 is 0 Å². The van der Waals surface area contributed by atoms with Crippen LogP contribution in [-0.2, 0) is 0 Å². The number of amides is 2. The number of nitrogens with zero attached hydrogens (tertiary/aromatic N) is 1. The summed E-state index contributed by atoms with van der Waals surface area (Å²) in [6, 6.07) is 32.4. The topological polar surface area (TPSA) is 32.3 Å². The van der Waals surface area contributed by atoms with Gasteiger partial charge in [0.05, 0.1) is 11.4 Å². The van der Waals surface area contributed by atoms with Crippen molar-refractivity contribution in [1.29, 1.82) is 0 Å². The molecule has 0 heterocycles. The van der Waals surface area contributed by atoms with Crippen molar-refractivity contribution in [2.75, 3.05) is 17.3 Å². The number of carbonyl (C=O) groups is 1. The summed E-state index contributed by atoms with van der Waals surface area (Å²) in [7, 11) is 1.73. The maximum atomic E-state index is 13.2. The third-order valence-corrected chi connectivity index (χ3v) is 5.52. The van der Waals surface area contributed by atoms with E-state index in [0.29, 0.717) is 5.69 Å². The Hall–Kier alpha value is -4.25. The smallest absolute Gasteiger partial charge is 0.306 e. The fraction of sp³-hybridized carbons (Fsp3) is 0.0333. The van der Waals surface area contributed by atoms with Crippen LogP contribution in [0.4, 0.5) is 16.2 Å². The van der Waals surface area contributed by atoms with Gasteiger partial charge in [0.25, 0.3) is 0 Å². The minimum absolute atomic E-state index is 0.279. The molecule has 0 saturated heterocycles. The van der Waals surface area contributed by atoms with E-state index in [-0.39, 0.29) is 6.03 Å². The lowest BCUT2D eigenvalue weighted by Crippen LogP contribution is -2.32. The molecule has 0 atom stereocenters. The van der Waals surface area contributed by atoms with Gasteiger partial charge in [-0.1, -0.05) is 88.1 Å². The molecule has 0 aliphatic rings. The molecular weight excluding hydrogens is 484 g/mol. The van der Waals surface area contributed by atoms with Gasteiger partial charge in [0.15, 0.2) is 0 Å². The number of benzene rings is 4. The lowest BCUT2D eigenvalue weighted by atomic mass is 10.1. The Bertz CT molecular complexity index is 1420. The van der Waals surface area contributed by atoms with Crippen LogP contribution >= 0.6 is 15.9 Å². The number of nitrogens with one attached hydrogen (secondary N) is 1. The summed E-state index contributed by atoms with van der Waals surface area (Å²) >= 11 is 3.49. The average molecular weight is 505 g/mol. The minimum atomic E-state index is -0.279. The van der Waals surface area contributed by atoms with Crippen molar-refractivity contribution in [2.24, 2.45) is 0 Å². The second-order valence-electron chi connectivity index (χ2n) is 7.43. The SMILES string of the molecule is CN(C(=O)Nc1ccc(Br)cc1C#Cc1ccccc1)c1ccccc1C#Cc1ccccc1. The van der Waals surface area contributed by atoms with Gasteiger partial charge in [-0.25, -0.2) is 4.79 Å². The first kappa shape index (κ1) is 22.9. The van der Waals surface area contributed by atoms with E-state index in [0.717, 1.165) is 32.4 Å². The first-order valence-corrected chi connectivity index (χ1v) is 11.5. The minimum Gasteiger partial charge on any atom is -0.306 e. The first-order chi connectivity index (χ1) is 16.6. The Morgan fingerprint density at radius 2 is 1.26 bits per heavy atom. The maximum Gasteiger partial charge on any atom is 0.326 e. The van der Waals surface area contributed by atoms with Crippen molar-refractivity contribution < 1.29 is 4.79 Å². The van der Waals surface area contributed by atoms with Gasteiger partial charge in [0.2, 0.25) is 0 Å². The molecule has 0 spiro atoms. The summed E-state index contributed by atoms with van der Waals surface area (Å²) in [4.78, 5) is 14.7. The molecule has 4 aromatic carbocycles. The first-order valence-electron chi connectivity index (χ1n) is 10.7. The van der Waals surface area contributed by atoms with Crippen molar-refractivity contribution in [3.8, 4) is 23.7 Å². The third-order valence-electron chi connectivity index (χ3n) is 5.02. The number of carbonyl (C=O) groups excluding carboxylic acids is 1. The molecule has 164 valence electrons. The van der Waals surface area contributed by atoms with Gasteiger partial charge in [-0.15, -0.1) is 0 Å². The molecule has 4 rings (SSSR count). The van der Waals surface area contributed by atoms with Crippen molar-refractivity contribution in [1.82, 2.24) is 0 Å². The third kappa shape index (κ3) is 5.95. The van der Waals surface area contributed by atoms with Crippen LogP contribution in [0.2, 0.25) is 0 Å². The van der Waals surface area contributed by atoms with Gasteiger partial charge in [-0.05, 0) is 54.6 Å². The summed E-state index contributed by atoms with van der Waals surface area (Å²) < 4.78 is 0.887. The second kappa shape index (κ2) is 11.1.